The second-order valence-electron chi connectivity index (χ2n) is 6.87. The van der Waals surface area contributed by atoms with Gasteiger partial charge in [-0.15, -0.1) is 0 Å². The van der Waals surface area contributed by atoms with Gasteiger partial charge in [-0.05, 0) is 59.9 Å². The van der Waals surface area contributed by atoms with Gasteiger partial charge in [0.1, 0.15) is 11.7 Å². The Balaban J connectivity index is 1.59. The zero-order valence-corrected chi connectivity index (χ0v) is 12.8. The van der Waals surface area contributed by atoms with E-state index in [0.717, 1.165) is 19.4 Å². The molecule has 1 saturated heterocycles. The average Bonchev–Trinajstić information content (AvgIpc) is 3.30. The number of thiophene rings is 1. The molecule has 3 nitrogen and oxygen atoms in total. The fourth-order valence-corrected chi connectivity index (χ4v) is 4.37. The van der Waals surface area contributed by atoms with Crippen LogP contribution in [0.3, 0.4) is 0 Å². The molecule has 4 rings (SSSR count). The lowest BCUT2D eigenvalue weighted by Crippen LogP contribution is -2.36. The molecule has 108 valence electrons. The highest BCUT2D eigenvalue weighted by atomic mass is 32.1. The molecule has 3 fully saturated rings. The first-order valence-electron chi connectivity index (χ1n) is 7.79. The van der Waals surface area contributed by atoms with Crippen molar-refractivity contribution in [1.82, 2.24) is 10.2 Å². The minimum absolute atomic E-state index is 0.116. The van der Waals surface area contributed by atoms with Gasteiger partial charge in [-0.3, -0.25) is 10.1 Å². The number of carbonyl (C=O) groups excluding carboxylic acids is 1. The Morgan fingerprint density at radius 2 is 2.20 bits per heavy atom. The van der Waals surface area contributed by atoms with Crippen molar-refractivity contribution in [3.63, 3.8) is 0 Å². The molecular weight excluding hydrogens is 268 g/mol. The molecule has 2 heterocycles. The quantitative estimate of drug-likeness (QED) is 0.902. The zero-order valence-electron chi connectivity index (χ0n) is 12.0. The third-order valence-electron chi connectivity index (χ3n) is 5.25. The predicted octanol–water partition coefficient (Wildman–Crippen LogP) is 3.29. The highest BCUT2D eigenvalue weighted by Gasteiger charge is 2.61. The molecule has 1 aromatic rings. The molecule has 2 aliphatic carbocycles. The Hall–Kier alpha value is -0.870. The molecule has 2 saturated carbocycles. The maximum atomic E-state index is 12.8. The van der Waals surface area contributed by atoms with Crippen LogP contribution in [-0.2, 0) is 4.79 Å². The minimum atomic E-state index is -0.200. The normalized spacial score (nSPS) is 29.1. The molecule has 0 radical (unpaired) electrons. The van der Waals surface area contributed by atoms with Gasteiger partial charge in [-0.25, -0.2) is 0 Å². The lowest BCUT2D eigenvalue weighted by Gasteiger charge is -2.28. The molecule has 20 heavy (non-hydrogen) atoms. The lowest BCUT2D eigenvalue weighted by molar-refractivity contribution is -0.131. The summed E-state index contributed by atoms with van der Waals surface area (Å²) in [6, 6.07) is 2.16. The van der Waals surface area contributed by atoms with Crippen molar-refractivity contribution < 1.29 is 4.79 Å². The van der Waals surface area contributed by atoms with Gasteiger partial charge in [-0.2, -0.15) is 11.3 Å². The monoisotopic (exact) mass is 290 g/mol. The Bertz CT molecular complexity index is 517. The molecule has 1 aliphatic heterocycles. The van der Waals surface area contributed by atoms with E-state index in [9.17, 15) is 4.79 Å². The van der Waals surface area contributed by atoms with E-state index in [-0.39, 0.29) is 11.7 Å². The topological polar surface area (TPSA) is 32.3 Å². The van der Waals surface area contributed by atoms with Gasteiger partial charge >= 0.3 is 0 Å². The van der Waals surface area contributed by atoms with Gasteiger partial charge < -0.3 is 4.90 Å². The molecular formula is C16H22N2OS. The van der Waals surface area contributed by atoms with Crippen LogP contribution in [0.5, 0.6) is 0 Å². The molecule has 0 aromatic carbocycles. The summed E-state index contributed by atoms with van der Waals surface area (Å²) in [5, 5.41) is 7.91. The summed E-state index contributed by atoms with van der Waals surface area (Å²) >= 11 is 1.72. The van der Waals surface area contributed by atoms with E-state index in [4.69, 9.17) is 0 Å². The molecule has 1 amide bonds. The third-order valence-corrected chi connectivity index (χ3v) is 5.95. The summed E-state index contributed by atoms with van der Waals surface area (Å²) in [4.78, 5) is 14.9. The Kier molecular flexibility index (Phi) is 2.77. The van der Waals surface area contributed by atoms with E-state index < -0.39 is 0 Å². The Morgan fingerprint density at radius 1 is 1.40 bits per heavy atom. The van der Waals surface area contributed by atoms with Crippen molar-refractivity contribution in [2.45, 2.75) is 57.2 Å². The fraction of sp³-hybridized carbons (Fsp3) is 0.688. The second-order valence-corrected chi connectivity index (χ2v) is 7.65. The van der Waals surface area contributed by atoms with Crippen LogP contribution in [0.1, 0.15) is 57.2 Å². The lowest BCUT2D eigenvalue weighted by atomic mass is 9.99. The highest BCUT2D eigenvalue weighted by molar-refractivity contribution is 7.07. The SMILES string of the molecule is CCCC1(CN2C(=O)C3(CC3)NC2c2ccsc2)CC1. The standard InChI is InChI=1S/C16H22N2OS/c1-2-4-15(5-6-15)11-18-13(12-3-9-20-10-12)17-16(7-8-16)14(18)19/h3,9-10,13,17H,2,4-8,11H2,1H3. The minimum Gasteiger partial charge on any atom is -0.321 e. The smallest absolute Gasteiger partial charge is 0.244 e. The van der Waals surface area contributed by atoms with Gasteiger partial charge in [0.15, 0.2) is 0 Å². The first kappa shape index (κ1) is 12.8. The van der Waals surface area contributed by atoms with Crippen molar-refractivity contribution in [1.29, 1.82) is 0 Å². The van der Waals surface area contributed by atoms with Crippen molar-refractivity contribution in [2.75, 3.05) is 6.54 Å². The van der Waals surface area contributed by atoms with Crippen molar-refractivity contribution in [3.8, 4) is 0 Å². The summed E-state index contributed by atoms with van der Waals surface area (Å²) in [7, 11) is 0. The van der Waals surface area contributed by atoms with Gasteiger partial charge in [0.25, 0.3) is 0 Å². The summed E-state index contributed by atoms with van der Waals surface area (Å²) in [5.74, 6) is 0.357. The van der Waals surface area contributed by atoms with Gasteiger partial charge in [-0.1, -0.05) is 13.3 Å². The van der Waals surface area contributed by atoms with Crippen LogP contribution in [0.25, 0.3) is 0 Å². The first-order chi connectivity index (χ1) is 9.68. The van der Waals surface area contributed by atoms with Crippen LogP contribution in [0.4, 0.5) is 0 Å². The van der Waals surface area contributed by atoms with Gasteiger partial charge in [0, 0.05) is 6.54 Å². The maximum absolute atomic E-state index is 12.8. The van der Waals surface area contributed by atoms with E-state index in [2.05, 4.69) is 34.0 Å². The third kappa shape index (κ3) is 1.92. The number of hydrogen-bond acceptors (Lipinski definition) is 3. The average molecular weight is 290 g/mol. The molecule has 1 unspecified atom stereocenters. The maximum Gasteiger partial charge on any atom is 0.244 e. The Morgan fingerprint density at radius 3 is 2.75 bits per heavy atom. The number of rotatable bonds is 5. The van der Waals surface area contributed by atoms with Crippen LogP contribution >= 0.6 is 11.3 Å². The van der Waals surface area contributed by atoms with E-state index in [1.165, 1.54) is 31.2 Å². The van der Waals surface area contributed by atoms with Crippen molar-refractivity contribution in [2.24, 2.45) is 5.41 Å². The largest absolute Gasteiger partial charge is 0.321 e. The van der Waals surface area contributed by atoms with Crippen LogP contribution in [0, 0.1) is 5.41 Å². The molecule has 1 atom stereocenters. The number of nitrogens with zero attached hydrogens (tertiary/aromatic N) is 1. The number of nitrogens with one attached hydrogen (secondary N) is 1. The summed E-state index contributed by atoms with van der Waals surface area (Å²) in [6.07, 6.45) is 7.24. The molecule has 1 N–H and O–H groups in total. The van der Waals surface area contributed by atoms with Gasteiger partial charge in [0.05, 0.1) is 0 Å². The molecule has 3 aliphatic rings. The fourth-order valence-electron chi connectivity index (χ4n) is 3.69. The van der Waals surface area contributed by atoms with E-state index in [1.54, 1.807) is 11.3 Å². The van der Waals surface area contributed by atoms with Crippen LogP contribution < -0.4 is 5.32 Å². The van der Waals surface area contributed by atoms with E-state index in [0.29, 0.717) is 11.3 Å². The van der Waals surface area contributed by atoms with Crippen LogP contribution in [0.15, 0.2) is 16.8 Å². The molecule has 0 bridgehead atoms. The zero-order chi connectivity index (χ0) is 13.8. The molecule has 1 spiro atoms. The summed E-state index contributed by atoms with van der Waals surface area (Å²) in [5.41, 5.74) is 1.50. The summed E-state index contributed by atoms with van der Waals surface area (Å²) < 4.78 is 0. The highest BCUT2D eigenvalue weighted by Crippen LogP contribution is 2.54. The van der Waals surface area contributed by atoms with Crippen molar-refractivity contribution >= 4 is 17.2 Å². The number of hydrogen-bond donors (Lipinski definition) is 1. The van der Waals surface area contributed by atoms with Gasteiger partial charge in [0.2, 0.25) is 5.91 Å². The molecule has 1 aromatic heterocycles. The van der Waals surface area contributed by atoms with Crippen LogP contribution in [0.2, 0.25) is 0 Å². The number of amides is 1. The molecule has 4 heteroatoms. The van der Waals surface area contributed by atoms with Crippen molar-refractivity contribution in [3.05, 3.63) is 22.4 Å². The second kappa shape index (κ2) is 4.31. The first-order valence-corrected chi connectivity index (χ1v) is 8.73. The predicted molar refractivity (Wildman–Crippen MR) is 80.4 cm³/mol. The summed E-state index contributed by atoms with van der Waals surface area (Å²) in [6.45, 7) is 3.21. The van der Waals surface area contributed by atoms with Crippen LogP contribution in [-0.4, -0.2) is 22.9 Å². The Labute approximate surface area is 124 Å². The van der Waals surface area contributed by atoms with E-state index in [1.807, 2.05) is 0 Å². The number of carbonyl (C=O) groups is 1. The van der Waals surface area contributed by atoms with E-state index >= 15 is 0 Å².